The second-order valence-electron chi connectivity index (χ2n) is 6.21. The van der Waals surface area contributed by atoms with Gasteiger partial charge in [-0.2, -0.15) is 0 Å². The van der Waals surface area contributed by atoms with E-state index in [2.05, 4.69) is 5.16 Å². The van der Waals surface area contributed by atoms with Crippen LogP contribution in [0.4, 0.5) is 0 Å². The van der Waals surface area contributed by atoms with Gasteiger partial charge in [0.25, 0.3) is 0 Å². The molecule has 1 atom stereocenters. The van der Waals surface area contributed by atoms with E-state index in [0.717, 1.165) is 35.4 Å². The number of carbonyl (C=O) groups excluding carboxylic acids is 1. The molecule has 5 heteroatoms. The van der Waals surface area contributed by atoms with Gasteiger partial charge in [-0.3, -0.25) is 4.79 Å². The van der Waals surface area contributed by atoms with E-state index in [1.165, 1.54) is 0 Å². The fourth-order valence-corrected chi connectivity index (χ4v) is 3.34. The molecule has 23 heavy (non-hydrogen) atoms. The first-order chi connectivity index (χ1) is 11.0. The largest absolute Gasteiger partial charge is 0.361 e. The summed E-state index contributed by atoms with van der Waals surface area (Å²) >= 11 is 6.32. The maximum atomic E-state index is 12.9. The molecule has 0 bridgehead atoms. The fourth-order valence-electron chi connectivity index (χ4n) is 3.05. The monoisotopic (exact) mass is 332 g/mol. The van der Waals surface area contributed by atoms with Crippen LogP contribution in [0, 0.1) is 13.8 Å². The van der Waals surface area contributed by atoms with E-state index >= 15 is 0 Å². The Kier molecular flexibility index (Phi) is 4.44. The minimum absolute atomic E-state index is 0.0378. The number of hydrogen-bond donors (Lipinski definition) is 0. The number of aromatic nitrogens is 1. The summed E-state index contributed by atoms with van der Waals surface area (Å²) in [4.78, 5) is 14.9. The zero-order chi connectivity index (χ0) is 16.6. The third kappa shape index (κ3) is 3.27. The average molecular weight is 333 g/mol. The van der Waals surface area contributed by atoms with E-state index in [1.807, 2.05) is 49.9 Å². The van der Waals surface area contributed by atoms with Crippen molar-refractivity contribution >= 4 is 17.5 Å². The molecule has 122 valence electrons. The lowest BCUT2D eigenvalue weighted by molar-refractivity contribution is -0.133. The summed E-state index contributed by atoms with van der Waals surface area (Å²) in [7, 11) is 0. The second-order valence-corrected chi connectivity index (χ2v) is 6.62. The van der Waals surface area contributed by atoms with Crippen molar-refractivity contribution in [2.24, 2.45) is 0 Å². The summed E-state index contributed by atoms with van der Waals surface area (Å²) in [5.74, 6) is 0.825. The maximum Gasteiger partial charge on any atom is 0.227 e. The van der Waals surface area contributed by atoms with Crippen LogP contribution in [0.25, 0.3) is 0 Å². The topological polar surface area (TPSA) is 46.3 Å². The van der Waals surface area contributed by atoms with E-state index in [-0.39, 0.29) is 11.9 Å². The Morgan fingerprint density at radius 2 is 2.09 bits per heavy atom. The van der Waals surface area contributed by atoms with Gasteiger partial charge in [-0.05, 0) is 45.2 Å². The van der Waals surface area contributed by atoms with Crippen LogP contribution in [0.3, 0.4) is 0 Å². The van der Waals surface area contributed by atoms with Crippen molar-refractivity contribution in [2.45, 2.75) is 52.1 Å². The minimum atomic E-state index is -0.0378. The van der Waals surface area contributed by atoms with Gasteiger partial charge < -0.3 is 9.42 Å². The Labute approximate surface area is 141 Å². The molecule has 1 aliphatic rings. The highest BCUT2D eigenvalue weighted by Crippen LogP contribution is 2.37. The first kappa shape index (κ1) is 16.1. The number of amides is 1. The average Bonchev–Trinajstić information content (AvgIpc) is 3.30. The number of carbonyl (C=O) groups is 1. The van der Waals surface area contributed by atoms with Gasteiger partial charge in [0.2, 0.25) is 5.91 Å². The van der Waals surface area contributed by atoms with Gasteiger partial charge >= 0.3 is 0 Å². The van der Waals surface area contributed by atoms with E-state index in [9.17, 15) is 4.79 Å². The molecule has 0 spiro atoms. The zero-order valence-electron chi connectivity index (χ0n) is 13.7. The molecule has 1 unspecified atom stereocenters. The van der Waals surface area contributed by atoms with E-state index in [1.54, 1.807) is 0 Å². The SMILES string of the molecule is Cc1noc(C)c1CC(=O)N(C1CC1)C(C)c1ccccc1Cl. The van der Waals surface area contributed by atoms with Gasteiger partial charge in [-0.1, -0.05) is 35.0 Å². The Morgan fingerprint density at radius 3 is 2.65 bits per heavy atom. The van der Waals surface area contributed by atoms with Gasteiger partial charge in [0.05, 0.1) is 18.2 Å². The first-order valence-corrected chi connectivity index (χ1v) is 8.34. The summed E-state index contributed by atoms with van der Waals surface area (Å²) < 4.78 is 5.17. The van der Waals surface area contributed by atoms with Crippen LogP contribution in [0.1, 0.15) is 48.4 Å². The van der Waals surface area contributed by atoms with Crippen molar-refractivity contribution in [1.29, 1.82) is 0 Å². The van der Waals surface area contributed by atoms with Gasteiger partial charge in [-0.25, -0.2) is 0 Å². The predicted octanol–water partition coefficient (Wildman–Crippen LogP) is 4.24. The van der Waals surface area contributed by atoms with Crippen LogP contribution >= 0.6 is 11.6 Å². The molecule has 1 fully saturated rings. The third-order valence-corrected chi connectivity index (χ3v) is 4.85. The highest BCUT2D eigenvalue weighted by atomic mass is 35.5. The molecule has 0 radical (unpaired) electrons. The molecule has 1 amide bonds. The van der Waals surface area contributed by atoms with Gasteiger partial charge in [0, 0.05) is 16.6 Å². The number of rotatable bonds is 5. The number of benzene rings is 1. The molecule has 1 aliphatic carbocycles. The van der Waals surface area contributed by atoms with Crippen LogP contribution in [0.2, 0.25) is 5.02 Å². The molecule has 1 aromatic heterocycles. The minimum Gasteiger partial charge on any atom is -0.361 e. The third-order valence-electron chi connectivity index (χ3n) is 4.51. The van der Waals surface area contributed by atoms with E-state index < -0.39 is 0 Å². The lowest BCUT2D eigenvalue weighted by Gasteiger charge is -2.30. The molecular weight excluding hydrogens is 312 g/mol. The smallest absolute Gasteiger partial charge is 0.227 e. The van der Waals surface area contributed by atoms with Gasteiger partial charge in [0.1, 0.15) is 5.76 Å². The maximum absolute atomic E-state index is 12.9. The Bertz CT molecular complexity index is 702. The Balaban J connectivity index is 1.84. The molecular formula is C18H21ClN2O2. The molecule has 2 aromatic rings. The summed E-state index contributed by atoms with van der Waals surface area (Å²) in [6.07, 6.45) is 2.44. The second kappa shape index (κ2) is 6.36. The molecule has 1 heterocycles. The van der Waals surface area contributed by atoms with Gasteiger partial charge in [0.15, 0.2) is 0 Å². The van der Waals surface area contributed by atoms with Crippen molar-refractivity contribution in [2.75, 3.05) is 0 Å². The van der Waals surface area contributed by atoms with Crippen molar-refractivity contribution < 1.29 is 9.32 Å². The molecule has 0 aliphatic heterocycles. The molecule has 1 saturated carbocycles. The molecule has 4 nitrogen and oxygen atoms in total. The van der Waals surface area contributed by atoms with Crippen LogP contribution in [-0.4, -0.2) is 22.0 Å². The Morgan fingerprint density at radius 1 is 1.39 bits per heavy atom. The lowest BCUT2D eigenvalue weighted by Crippen LogP contribution is -2.37. The van der Waals surface area contributed by atoms with E-state index in [0.29, 0.717) is 17.5 Å². The highest BCUT2D eigenvalue weighted by Gasteiger charge is 2.37. The fraction of sp³-hybridized carbons (Fsp3) is 0.444. The highest BCUT2D eigenvalue weighted by molar-refractivity contribution is 6.31. The number of aryl methyl sites for hydroxylation is 2. The molecule has 0 saturated heterocycles. The van der Waals surface area contributed by atoms with Crippen molar-refractivity contribution in [3.63, 3.8) is 0 Å². The molecule has 0 N–H and O–H groups in total. The van der Waals surface area contributed by atoms with Crippen LogP contribution in [-0.2, 0) is 11.2 Å². The molecule has 3 rings (SSSR count). The predicted molar refractivity (Wildman–Crippen MR) is 89.4 cm³/mol. The molecule has 1 aromatic carbocycles. The van der Waals surface area contributed by atoms with Crippen LogP contribution in [0.15, 0.2) is 28.8 Å². The van der Waals surface area contributed by atoms with Crippen molar-refractivity contribution in [3.8, 4) is 0 Å². The van der Waals surface area contributed by atoms with E-state index in [4.69, 9.17) is 16.1 Å². The summed E-state index contributed by atoms with van der Waals surface area (Å²) in [6.45, 7) is 5.77. The number of nitrogens with zero attached hydrogens (tertiary/aromatic N) is 2. The number of halogens is 1. The quantitative estimate of drug-likeness (QED) is 0.822. The van der Waals surface area contributed by atoms with Crippen molar-refractivity contribution in [1.82, 2.24) is 10.1 Å². The van der Waals surface area contributed by atoms with Crippen LogP contribution < -0.4 is 0 Å². The standard InChI is InChI=1S/C18H21ClN2O2/c1-11-16(13(3)23-20-11)10-18(22)21(14-8-9-14)12(2)15-6-4-5-7-17(15)19/h4-7,12,14H,8-10H2,1-3H3. The normalized spacial score (nSPS) is 15.5. The number of hydrogen-bond acceptors (Lipinski definition) is 3. The first-order valence-electron chi connectivity index (χ1n) is 7.96. The van der Waals surface area contributed by atoms with Crippen LogP contribution in [0.5, 0.6) is 0 Å². The summed E-state index contributed by atoms with van der Waals surface area (Å²) in [6, 6.07) is 8.01. The summed E-state index contributed by atoms with van der Waals surface area (Å²) in [5, 5.41) is 4.64. The summed E-state index contributed by atoms with van der Waals surface area (Å²) in [5.41, 5.74) is 2.68. The Hall–Kier alpha value is -1.81. The van der Waals surface area contributed by atoms with Crippen molar-refractivity contribution in [3.05, 3.63) is 51.9 Å². The van der Waals surface area contributed by atoms with Gasteiger partial charge in [-0.15, -0.1) is 0 Å². The lowest BCUT2D eigenvalue weighted by atomic mass is 10.0. The zero-order valence-corrected chi connectivity index (χ0v) is 14.4.